The van der Waals surface area contributed by atoms with Gasteiger partial charge in [0.05, 0.1) is 25.5 Å². The van der Waals surface area contributed by atoms with Gasteiger partial charge < -0.3 is 20.1 Å². The van der Waals surface area contributed by atoms with E-state index in [1.54, 1.807) is 48.9 Å². The minimum atomic E-state index is -0.487. The molecule has 1 aromatic heterocycles. The van der Waals surface area contributed by atoms with Crippen molar-refractivity contribution >= 4 is 29.3 Å². The minimum absolute atomic E-state index is 0.295. The van der Waals surface area contributed by atoms with Crippen molar-refractivity contribution < 1.29 is 14.3 Å². The van der Waals surface area contributed by atoms with Crippen LogP contribution >= 0.6 is 11.8 Å². The topological polar surface area (TPSA) is 103 Å². The molecule has 4 rings (SSSR count). The number of carbonyl (C=O) groups excluding carboxylic acids is 1. The summed E-state index contributed by atoms with van der Waals surface area (Å²) in [6, 6.07) is 12.7. The summed E-state index contributed by atoms with van der Waals surface area (Å²) in [6.45, 7) is 1.83. The molecule has 1 atom stereocenters. The van der Waals surface area contributed by atoms with Crippen molar-refractivity contribution in [1.82, 2.24) is 20.2 Å². The number of tetrazole rings is 1. The van der Waals surface area contributed by atoms with Gasteiger partial charge in [-0.3, -0.25) is 4.79 Å². The molecule has 9 nitrogen and oxygen atoms in total. The number of carbonyl (C=O) groups is 1. The summed E-state index contributed by atoms with van der Waals surface area (Å²) in [6.07, 6.45) is 2.02. The fourth-order valence-electron chi connectivity index (χ4n) is 3.50. The molecule has 31 heavy (non-hydrogen) atoms. The van der Waals surface area contributed by atoms with Gasteiger partial charge in [0.25, 0.3) is 5.91 Å². The monoisotopic (exact) mass is 438 g/mol. The molecule has 1 aliphatic heterocycles. The molecule has 0 bridgehead atoms. The maximum atomic E-state index is 13.5. The molecule has 0 unspecified atom stereocenters. The third kappa shape index (κ3) is 3.93. The molecule has 0 fully saturated rings. The molecule has 0 radical (unpaired) electrons. The lowest BCUT2D eigenvalue weighted by Crippen LogP contribution is -2.31. The molecule has 2 heterocycles. The molecular formula is C21H22N6O3S. The Morgan fingerprint density at radius 3 is 2.61 bits per heavy atom. The Labute approximate surface area is 183 Å². The highest BCUT2D eigenvalue weighted by Gasteiger charge is 2.34. The van der Waals surface area contributed by atoms with Gasteiger partial charge >= 0.3 is 0 Å². The number of benzene rings is 2. The van der Waals surface area contributed by atoms with Crippen LogP contribution in [-0.4, -0.2) is 46.6 Å². The van der Waals surface area contributed by atoms with Crippen molar-refractivity contribution in [2.75, 3.05) is 31.1 Å². The molecule has 1 aliphatic rings. The number of thioether (sulfide) groups is 1. The largest absolute Gasteiger partial charge is 0.497 e. The predicted molar refractivity (Wildman–Crippen MR) is 119 cm³/mol. The summed E-state index contributed by atoms with van der Waals surface area (Å²) in [5.74, 6) is 1.32. The molecule has 0 saturated carbocycles. The maximum Gasteiger partial charge on any atom is 0.255 e. The lowest BCUT2D eigenvalue weighted by atomic mass is 9.95. The second kappa shape index (κ2) is 8.68. The highest BCUT2D eigenvalue weighted by atomic mass is 32.2. The summed E-state index contributed by atoms with van der Waals surface area (Å²) < 4.78 is 12.3. The second-order valence-electron chi connectivity index (χ2n) is 6.81. The minimum Gasteiger partial charge on any atom is -0.497 e. The van der Waals surface area contributed by atoms with Crippen molar-refractivity contribution in [3.05, 3.63) is 59.3 Å². The van der Waals surface area contributed by atoms with Gasteiger partial charge in [0.15, 0.2) is 0 Å². The highest BCUT2D eigenvalue weighted by Crippen LogP contribution is 2.36. The Hall–Kier alpha value is -3.53. The first kappa shape index (κ1) is 20.7. The summed E-state index contributed by atoms with van der Waals surface area (Å²) >= 11 is 1.65. The van der Waals surface area contributed by atoms with E-state index in [9.17, 15) is 4.79 Å². The summed E-state index contributed by atoms with van der Waals surface area (Å²) in [5, 5.41) is 18.0. The van der Waals surface area contributed by atoms with E-state index in [1.165, 1.54) is 0 Å². The molecule has 2 N–H and O–H groups in total. The quantitative estimate of drug-likeness (QED) is 0.565. The molecule has 0 saturated heterocycles. The lowest BCUT2D eigenvalue weighted by molar-refractivity contribution is -0.113. The van der Waals surface area contributed by atoms with E-state index in [0.717, 1.165) is 10.5 Å². The van der Waals surface area contributed by atoms with Gasteiger partial charge in [-0.25, -0.2) is 0 Å². The summed E-state index contributed by atoms with van der Waals surface area (Å²) in [5.41, 5.74) is 2.57. The van der Waals surface area contributed by atoms with Crippen LogP contribution in [0.1, 0.15) is 18.5 Å². The van der Waals surface area contributed by atoms with Gasteiger partial charge in [-0.1, -0.05) is 17.2 Å². The van der Waals surface area contributed by atoms with Crippen molar-refractivity contribution in [3.8, 4) is 11.5 Å². The second-order valence-corrected chi connectivity index (χ2v) is 7.69. The Morgan fingerprint density at radius 2 is 1.94 bits per heavy atom. The zero-order valence-corrected chi connectivity index (χ0v) is 18.4. The zero-order chi connectivity index (χ0) is 22.0. The van der Waals surface area contributed by atoms with Crippen LogP contribution < -0.4 is 20.1 Å². The van der Waals surface area contributed by atoms with Crippen molar-refractivity contribution in [1.29, 1.82) is 0 Å². The molecule has 1 amide bonds. The third-order valence-electron chi connectivity index (χ3n) is 5.05. The standard InChI is InChI=1S/C21H22N6O3S/c1-12-18(20(28)23-16-11-14(29-2)7-10-17(16)30-3)19(27-21(22-12)24-25-26-27)13-5-8-15(31-4)9-6-13/h5-11,19H,1-4H3,(H,23,28)(H,22,24,26)/t19-/m0/s1. The van der Waals surface area contributed by atoms with E-state index < -0.39 is 6.04 Å². The van der Waals surface area contributed by atoms with Crippen LogP contribution in [0.2, 0.25) is 0 Å². The smallest absolute Gasteiger partial charge is 0.255 e. The Morgan fingerprint density at radius 1 is 1.16 bits per heavy atom. The van der Waals surface area contributed by atoms with Crippen LogP contribution in [0.3, 0.4) is 0 Å². The molecule has 10 heteroatoms. The van der Waals surface area contributed by atoms with Crippen molar-refractivity contribution in [2.24, 2.45) is 0 Å². The van der Waals surface area contributed by atoms with Crippen LogP contribution in [0.15, 0.2) is 58.6 Å². The zero-order valence-electron chi connectivity index (χ0n) is 17.5. The molecular weight excluding hydrogens is 416 g/mol. The number of amides is 1. The molecule has 0 aliphatic carbocycles. The molecule has 3 aromatic rings. The van der Waals surface area contributed by atoms with Gasteiger partial charge in [-0.2, -0.15) is 4.68 Å². The number of nitrogens with zero attached hydrogens (tertiary/aromatic N) is 4. The average molecular weight is 439 g/mol. The molecule has 0 spiro atoms. The summed E-state index contributed by atoms with van der Waals surface area (Å²) in [4.78, 5) is 14.6. The van der Waals surface area contributed by atoms with E-state index >= 15 is 0 Å². The maximum absolute atomic E-state index is 13.5. The Bertz CT molecular complexity index is 1140. The van der Waals surface area contributed by atoms with E-state index in [-0.39, 0.29) is 5.91 Å². The SMILES string of the molecule is COc1ccc(OC)c(NC(=O)C2=C(C)Nc3nnnn3[C@H]2c2ccc(SC)cc2)c1. The number of aromatic nitrogens is 4. The number of hydrogen-bond donors (Lipinski definition) is 2. The fourth-order valence-corrected chi connectivity index (χ4v) is 3.91. The first-order valence-electron chi connectivity index (χ1n) is 9.48. The Balaban J connectivity index is 1.75. The van der Waals surface area contributed by atoms with Gasteiger partial charge in [0, 0.05) is 16.7 Å². The number of nitrogens with one attached hydrogen (secondary N) is 2. The first-order chi connectivity index (χ1) is 15.0. The molecule has 160 valence electrons. The van der Waals surface area contributed by atoms with Gasteiger partial charge in [0.2, 0.25) is 5.95 Å². The summed E-state index contributed by atoms with van der Waals surface area (Å²) in [7, 11) is 3.12. The number of hydrogen-bond acceptors (Lipinski definition) is 8. The van der Waals surface area contributed by atoms with Crippen LogP contribution in [0.25, 0.3) is 0 Å². The average Bonchev–Trinajstić information content (AvgIpc) is 3.26. The predicted octanol–water partition coefficient (Wildman–Crippen LogP) is 3.34. The third-order valence-corrected chi connectivity index (χ3v) is 5.79. The van der Waals surface area contributed by atoms with Crippen molar-refractivity contribution in [2.45, 2.75) is 17.9 Å². The highest BCUT2D eigenvalue weighted by molar-refractivity contribution is 7.98. The van der Waals surface area contributed by atoms with E-state index in [2.05, 4.69) is 26.2 Å². The lowest BCUT2D eigenvalue weighted by Gasteiger charge is -2.28. The fraction of sp³-hybridized carbons (Fsp3) is 0.238. The van der Waals surface area contributed by atoms with Crippen LogP contribution in [0.4, 0.5) is 11.6 Å². The van der Waals surface area contributed by atoms with E-state index in [0.29, 0.717) is 34.4 Å². The Kier molecular flexibility index (Phi) is 5.81. The number of anilines is 2. The number of fused-ring (bicyclic) bond motifs is 1. The van der Waals surface area contributed by atoms with Gasteiger partial charge in [-0.05, 0) is 53.4 Å². The normalized spacial score (nSPS) is 15.2. The first-order valence-corrected chi connectivity index (χ1v) is 10.7. The van der Waals surface area contributed by atoms with Gasteiger partial charge in [-0.15, -0.1) is 11.8 Å². The van der Waals surface area contributed by atoms with Crippen LogP contribution in [0, 0.1) is 0 Å². The molecule has 2 aromatic carbocycles. The number of allylic oxidation sites excluding steroid dienone is 1. The number of methoxy groups -OCH3 is 2. The number of ether oxygens (including phenoxy) is 2. The van der Waals surface area contributed by atoms with Crippen LogP contribution in [0.5, 0.6) is 11.5 Å². The van der Waals surface area contributed by atoms with Crippen molar-refractivity contribution in [3.63, 3.8) is 0 Å². The van der Waals surface area contributed by atoms with E-state index in [4.69, 9.17) is 9.47 Å². The van der Waals surface area contributed by atoms with E-state index in [1.807, 2.05) is 37.4 Å². The van der Waals surface area contributed by atoms with Crippen LogP contribution in [-0.2, 0) is 4.79 Å². The number of rotatable bonds is 6. The van der Waals surface area contributed by atoms with Gasteiger partial charge in [0.1, 0.15) is 17.5 Å².